The van der Waals surface area contributed by atoms with Crippen molar-refractivity contribution in [2.24, 2.45) is 11.8 Å². The minimum absolute atomic E-state index is 0.389. The maximum Gasteiger partial charge on any atom is 0.0186 e. The van der Waals surface area contributed by atoms with Crippen molar-refractivity contribution in [2.45, 2.75) is 66.0 Å². The molecule has 0 aromatic rings. The number of piperidine rings is 1. The van der Waals surface area contributed by atoms with Gasteiger partial charge in [0.1, 0.15) is 0 Å². The highest BCUT2D eigenvalue weighted by Gasteiger charge is 2.40. The van der Waals surface area contributed by atoms with Crippen molar-refractivity contribution >= 4 is 0 Å². The van der Waals surface area contributed by atoms with Crippen molar-refractivity contribution in [3.05, 3.63) is 0 Å². The molecule has 1 unspecified atom stereocenters. The lowest BCUT2D eigenvalue weighted by atomic mass is 9.72. The van der Waals surface area contributed by atoms with Gasteiger partial charge >= 0.3 is 0 Å². The molecule has 1 atom stereocenters. The second-order valence-electron chi connectivity index (χ2n) is 5.93. The largest absolute Gasteiger partial charge is 0.296 e. The Hall–Kier alpha value is -0.0400. The van der Waals surface area contributed by atoms with Gasteiger partial charge in [-0.1, -0.05) is 13.8 Å². The first-order valence-electron chi connectivity index (χ1n) is 6.14. The summed E-state index contributed by atoms with van der Waals surface area (Å²) in [5.74, 6) is 1.67. The molecule has 0 aromatic heterocycles. The second kappa shape index (κ2) is 4.22. The lowest BCUT2D eigenvalue weighted by Gasteiger charge is -2.51. The molecule has 0 amide bonds. The minimum atomic E-state index is 0.389. The van der Waals surface area contributed by atoms with Gasteiger partial charge in [0.05, 0.1) is 0 Å². The molecule has 1 saturated heterocycles. The van der Waals surface area contributed by atoms with Crippen LogP contribution in [-0.2, 0) is 0 Å². The van der Waals surface area contributed by atoms with Crippen molar-refractivity contribution in [1.82, 2.24) is 4.90 Å². The van der Waals surface area contributed by atoms with Gasteiger partial charge in [-0.2, -0.15) is 0 Å². The van der Waals surface area contributed by atoms with Gasteiger partial charge in [0, 0.05) is 11.6 Å². The van der Waals surface area contributed by atoms with Gasteiger partial charge in [0.2, 0.25) is 0 Å². The summed E-state index contributed by atoms with van der Waals surface area (Å²) in [4.78, 5) is 2.68. The zero-order valence-corrected chi connectivity index (χ0v) is 10.8. The van der Waals surface area contributed by atoms with E-state index in [0.29, 0.717) is 11.6 Å². The number of likely N-dealkylation sites (tertiary alicyclic amines) is 1. The number of nitrogens with zero attached hydrogens (tertiary/aromatic N) is 1. The molecule has 0 bridgehead atoms. The lowest BCUT2D eigenvalue weighted by molar-refractivity contribution is -0.0201. The van der Waals surface area contributed by atoms with Gasteiger partial charge in [-0.05, 0) is 58.9 Å². The van der Waals surface area contributed by atoms with E-state index in [2.05, 4.69) is 46.4 Å². The highest BCUT2D eigenvalue weighted by molar-refractivity contribution is 4.94. The van der Waals surface area contributed by atoms with Crippen LogP contribution in [0.5, 0.6) is 0 Å². The van der Waals surface area contributed by atoms with E-state index in [1.165, 1.54) is 19.4 Å². The second-order valence-corrected chi connectivity index (χ2v) is 5.93. The average molecular weight is 197 g/mol. The maximum atomic E-state index is 2.68. The van der Waals surface area contributed by atoms with Crippen molar-refractivity contribution in [3.8, 4) is 0 Å². The van der Waals surface area contributed by atoms with Crippen LogP contribution in [0.25, 0.3) is 0 Å². The van der Waals surface area contributed by atoms with Crippen molar-refractivity contribution < 1.29 is 0 Å². The summed E-state index contributed by atoms with van der Waals surface area (Å²) < 4.78 is 0. The van der Waals surface area contributed by atoms with Crippen LogP contribution in [0.4, 0.5) is 0 Å². The monoisotopic (exact) mass is 197 g/mol. The first kappa shape index (κ1) is 12.0. The molecule has 0 aliphatic carbocycles. The minimum Gasteiger partial charge on any atom is -0.296 e. The zero-order chi connectivity index (χ0) is 10.9. The van der Waals surface area contributed by atoms with E-state index in [-0.39, 0.29) is 0 Å². The Morgan fingerprint density at radius 2 is 1.71 bits per heavy atom. The van der Waals surface area contributed by atoms with E-state index in [4.69, 9.17) is 0 Å². The number of hydrogen-bond acceptors (Lipinski definition) is 1. The summed E-state index contributed by atoms with van der Waals surface area (Å²) in [5, 5.41) is 0. The third-order valence-electron chi connectivity index (χ3n) is 3.99. The van der Waals surface area contributed by atoms with Crippen molar-refractivity contribution in [3.63, 3.8) is 0 Å². The third kappa shape index (κ3) is 2.13. The molecule has 1 heteroatoms. The Balaban J connectivity index is 2.81. The van der Waals surface area contributed by atoms with Crippen LogP contribution in [0, 0.1) is 11.8 Å². The summed E-state index contributed by atoms with van der Waals surface area (Å²) >= 11 is 0. The molecular formula is C13H27N. The Morgan fingerprint density at radius 1 is 1.14 bits per heavy atom. The summed E-state index contributed by atoms with van der Waals surface area (Å²) in [6.07, 6.45) is 2.79. The van der Waals surface area contributed by atoms with Gasteiger partial charge in [0.15, 0.2) is 0 Å². The van der Waals surface area contributed by atoms with Crippen LogP contribution in [0.2, 0.25) is 0 Å². The van der Waals surface area contributed by atoms with E-state index in [9.17, 15) is 0 Å². The number of rotatable bonds is 2. The van der Waals surface area contributed by atoms with Gasteiger partial charge < -0.3 is 0 Å². The highest BCUT2D eigenvalue weighted by atomic mass is 15.2. The van der Waals surface area contributed by atoms with E-state index < -0.39 is 0 Å². The van der Waals surface area contributed by atoms with Crippen molar-refractivity contribution in [1.29, 1.82) is 0 Å². The first-order valence-corrected chi connectivity index (χ1v) is 6.14. The van der Waals surface area contributed by atoms with Crippen LogP contribution in [0.15, 0.2) is 0 Å². The Kier molecular flexibility index (Phi) is 3.63. The molecular weight excluding hydrogens is 170 g/mol. The van der Waals surface area contributed by atoms with Gasteiger partial charge in [-0.3, -0.25) is 4.90 Å². The van der Waals surface area contributed by atoms with Crippen LogP contribution in [-0.4, -0.2) is 23.0 Å². The summed E-state index contributed by atoms with van der Waals surface area (Å²) in [6, 6.07) is 0.687. The molecule has 0 N–H and O–H groups in total. The Morgan fingerprint density at radius 3 is 2.14 bits per heavy atom. The molecule has 0 spiro atoms. The van der Waals surface area contributed by atoms with Gasteiger partial charge in [-0.15, -0.1) is 0 Å². The maximum absolute atomic E-state index is 2.68. The molecule has 1 aliphatic heterocycles. The van der Waals surface area contributed by atoms with Gasteiger partial charge in [-0.25, -0.2) is 0 Å². The van der Waals surface area contributed by atoms with E-state index in [0.717, 1.165) is 11.8 Å². The molecule has 1 heterocycles. The van der Waals surface area contributed by atoms with Crippen LogP contribution >= 0.6 is 0 Å². The normalized spacial score (nSPS) is 28.7. The average Bonchev–Trinajstić information content (AvgIpc) is 2.01. The van der Waals surface area contributed by atoms with Crippen molar-refractivity contribution in [2.75, 3.05) is 6.54 Å². The fourth-order valence-electron chi connectivity index (χ4n) is 3.41. The Bertz CT molecular complexity index is 164. The van der Waals surface area contributed by atoms with E-state index in [1.54, 1.807) is 0 Å². The Labute approximate surface area is 89.9 Å². The molecule has 0 aromatic carbocycles. The van der Waals surface area contributed by atoms with Gasteiger partial charge in [0.25, 0.3) is 0 Å². The zero-order valence-electron chi connectivity index (χ0n) is 10.8. The van der Waals surface area contributed by atoms with E-state index >= 15 is 0 Å². The predicted molar refractivity (Wildman–Crippen MR) is 63.5 cm³/mol. The molecule has 1 fully saturated rings. The van der Waals surface area contributed by atoms with Crippen LogP contribution in [0.3, 0.4) is 0 Å². The molecule has 1 nitrogen and oxygen atoms in total. The standard InChI is InChI=1S/C13H27N/c1-10(2)12-8-7-9-14(11(3)4)13(12,5)6/h10-12H,7-9H2,1-6H3. The number of hydrogen-bond donors (Lipinski definition) is 0. The quantitative estimate of drug-likeness (QED) is 0.654. The fraction of sp³-hybridized carbons (Fsp3) is 1.00. The summed E-state index contributed by atoms with van der Waals surface area (Å²) in [7, 11) is 0. The summed E-state index contributed by atoms with van der Waals surface area (Å²) in [6.45, 7) is 15.5. The highest BCUT2D eigenvalue weighted by Crippen LogP contribution is 2.38. The summed E-state index contributed by atoms with van der Waals surface area (Å²) in [5.41, 5.74) is 0.389. The molecule has 1 rings (SSSR count). The molecule has 84 valence electrons. The van der Waals surface area contributed by atoms with Crippen LogP contribution < -0.4 is 0 Å². The topological polar surface area (TPSA) is 3.24 Å². The molecule has 14 heavy (non-hydrogen) atoms. The third-order valence-corrected chi connectivity index (χ3v) is 3.99. The SMILES string of the molecule is CC(C)C1CCCN(C(C)C)C1(C)C. The lowest BCUT2D eigenvalue weighted by Crippen LogP contribution is -2.57. The van der Waals surface area contributed by atoms with E-state index in [1.807, 2.05) is 0 Å². The predicted octanol–water partition coefficient (Wildman–Crippen LogP) is 3.54. The molecule has 1 aliphatic rings. The van der Waals surface area contributed by atoms with Crippen LogP contribution in [0.1, 0.15) is 54.4 Å². The molecule has 0 radical (unpaired) electrons. The smallest absolute Gasteiger partial charge is 0.0186 e. The fourth-order valence-corrected chi connectivity index (χ4v) is 3.41. The molecule has 0 saturated carbocycles. The first-order chi connectivity index (χ1) is 6.37.